The molecule has 1 aromatic carbocycles. The van der Waals surface area contributed by atoms with Crippen LogP contribution in [0.5, 0.6) is 0 Å². The quantitative estimate of drug-likeness (QED) is 0.518. The molecule has 1 aromatic heterocycles. The topological polar surface area (TPSA) is 127 Å². The first-order chi connectivity index (χ1) is 16.0. The summed E-state index contributed by atoms with van der Waals surface area (Å²) in [6, 6.07) is 5.35. The predicted molar refractivity (Wildman–Crippen MR) is 126 cm³/mol. The molecule has 2 aliphatic rings. The van der Waals surface area contributed by atoms with Gasteiger partial charge in [-0.3, -0.25) is 14.4 Å². The Morgan fingerprint density at radius 3 is 2.53 bits per heavy atom. The van der Waals surface area contributed by atoms with Crippen molar-refractivity contribution in [3.05, 3.63) is 35.3 Å². The molecular weight excluding hydrogens is 437 g/mol. The van der Waals surface area contributed by atoms with Gasteiger partial charge in [0.05, 0.1) is 12.6 Å². The molecule has 8 nitrogen and oxygen atoms in total. The van der Waals surface area contributed by atoms with Crippen molar-refractivity contribution in [3.63, 3.8) is 0 Å². The second-order valence-corrected chi connectivity index (χ2v) is 9.99. The number of aromatic amines is 1. The van der Waals surface area contributed by atoms with E-state index in [4.69, 9.17) is 0 Å². The monoisotopic (exact) mass is 469 g/mol. The summed E-state index contributed by atoms with van der Waals surface area (Å²) in [7, 11) is 0. The van der Waals surface area contributed by atoms with E-state index in [1.54, 1.807) is 6.92 Å². The molecule has 4 rings (SSSR count). The van der Waals surface area contributed by atoms with Crippen molar-refractivity contribution in [1.29, 1.82) is 5.26 Å². The Bertz CT molecular complexity index is 1130. The molecule has 0 bridgehead atoms. The van der Waals surface area contributed by atoms with Crippen LogP contribution in [-0.4, -0.2) is 40.8 Å². The van der Waals surface area contributed by atoms with Gasteiger partial charge in [0.15, 0.2) is 0 Å². The molecular formula is C25H32FN5O3. The van der Waals surface area contributed by atoms with E-state index in [1.165, 1.54) is 31.0 Å². The fourth-order valence-corrected chi connectivity index (χ4v) is 3.98. The minimum Gasteiger partial charge on any atom is -0.351 e. The summed E-state index contributed by atoms with van der Waals surface area (Å²) in [5, 5.41) is 17.7. The van der Waals surface area contributed by atoms with Gasteiger partial charge in [-0.25, -0.2) is 4.39 Å². The second-order valence-electron chi connectivity index (χ2n) is 9.99. The normalized spacial score (nSPS) is 19.4. The zero-order valence-corrected chi connectivity index (χ0v) is 20.0. The number of nitrogens with one attached hydrogen (secondary N) is 4. The highest BCUT2D eigenvalue weighted by Crippen LogP contribution is 2.28. The fourth-order valence-electron chi connectivity index (χ4n) is 3.98. The summed E-state index contributed by atoms with van der Waals surface area (Å²) in [6.45, 7) is 7.48. The van der Waals surface area contributed by atoms with Crippen LogP contribution in [0.3, 0.4) is 0 Å². The van der Waals surface area contributed by atoms with Crippen molar-refractivity contribution in [2.75, 3.05) is 6.54 Å². The highest BCUT2D eigenvalue weighted by molar-refractivity contribution is 6.00. The van der Waals surface area contributed by atoms with Crippen molar-refractivity contribution in [1.82, 2.24) is 20.9 Å². The Labute approximate surface area is 198 Å². The van der Waals surface area contributed by atoms with Crippen LogP contribution >= 0.6 is 0 Å². The summed E-state index contributed by atoms with van der Waals surface area (Å²) in [5.74, 6) is -0.854. The third-order valence-corrected chi connectivity index (χ3v) is 6.01. The van der Waals surface area contributed by atoms with Gasteiger partial charge >= 0.3 is 0 Å². The van der Waals surface area contributed by atoms with Gasteiger partial charge in [-0.1, -0.05) is 19.8 Å². The average molecular weight is 470 g/mol. The van der Waals surface area contributed by atoms with Crippen LogP contribution in [0.25, 0.3) is 10.9 Å². The minimum absolute atomic E-state index is 0.131. The summed E-state index contributed by atoms with van der Waals surface area (Å²) in [6.07, 6.45) is 3.76. The van der Waals surface area contributed by atoms with Crippen LogP contribution in [0.15, 0.2) is 18.2 Å². The van der Waals surface area contributed by atoms with Crippen molar-refractivity contribution >= 4 is 28.6 Å². The minimum atomic E-state index is -0.835. The number of carbonyl (C=O) groups excluding carboxylic acids is 3. The molecule has 4 N–H and O–H groups in total. The lowest BCUT2D eigenvalue weighted by molar-refractivity contribution is -0.124. The maximum Gasteiger partial charge on any atom is 0.268 e. The van der Waals surface area contributed by atoms with Crippen LogP contribution in [0, 0.1) is 35.9 Å². The van der Waals surface area contributed by atoms with Gasteiger partial charge in [0.25, 0.3) is 5.91 Å². The lowest BCUT2D eigenvalue weighted by Crippen LogP contribution is -2.42. The number of H-pyrrole nitrogens is 1. The van der Waals surface area contributed by atoms with E-state index < -0.39 is 23.7 Å². The smallest absolute Gasteiger partial charge is 0.268 e. The lowest BCUT2D eigenvalue weighted by atomic mass is 9.92. The lowest BCUT2D eigenvalue weighted by Gasteiger charge is -2.17. The molecule has 1 aliphatic carbocycles. The zero-order chi connectivity index (χ0) is 25.0. The molecule has 182 valence electrons. The Morgan fingerprint density at radius 2 is 1.97 bits per heavy atom. The Balaban J connectivity index is 0.000000732. The fraction of sp³-hybridized carbons (Fsp3) is 0.520. The number of amides is 3. The van der Waals surface area contributed by atoms with Crippen LogP contribution < -0.4 is 16.0 Å². The summed E-state index contributed by atoms with van der Waals surface area (Å²) >= 11 is 0. The highest BCUT2D eigenvalue weighted by atomic mass is 19.1. The molecule has 9 heteroatoms. The molecule has 0 spiro atoms. The van der Waals surface area contributed by atoms with Crippen molar-refractivity contribution in [3.8, 4) is 6.07 Å². The van der Waals surface area contributed by atoms with Crippen LogP contribution in [-0.2, 0) is 9.59 Å². The molecule has 34 heavy (non-hydrogen) atoms. The van der Waals surface area contributed by atoms with Gasteiger partial charge in [0, 0.05) is 22.4 Å². The third-order valence-electron chi connectivity index (χ3n) is 6.01. The number of nitriles is 1. The third kappa shape index (κ3) is 6.80. The average Bonchev–Trinajstić information content (AvgIpc) is 3.32. The molecule has 1 saturated carbocycles. The molecule has 0 unspecified atom stereocenters. The van der Waals surface area contributed by atoms with E-state index >= 15 is 0 Å². The number of halogens is 1. The Morgan fingerprint density at radius 1 is 1.29 bits per heavy atom. The predicted octanol–water partition coefficient (Wildman–Crippen LogP) is 3.07. The summed E-state index contributed by atoms with van der Waals surface area (Å²) < 4.78 is 13.5. The number of aromatic nitrogens is 1. The van der Waals surface area contributed by atoms with Gasteiger partial charge in [-0.05, 0) is 63.3 Å². The molecule has 0 radical (unpaired) electrons. The Hall–Kier alpha value is -3.41. The highest BCUT2D eigenvalue weighted by Gasteiger charge is 2.38. The maximum absolute atomic E-state index is 13.5. The van der Waals surface area contributed by atoms with Gasteiger partial charge in [0.1, 0.15) is 17.6 Å². The first-order valence-corrected chi connectivity index (χ1v) is 11.6. The number of benzene rings is 1. The van der Waals surface area contributed by atoms with Crippen LogP contribution in [0.4, 0.5) is 4.39 Å². The number of hydrogen-bond donors (Lipinski definition) is 4. The number of nitrogens with zero attached hydrogens (tertiary/aromatic N) is 1. The maximum atomic E-state index is 13.5. The number of rotatable bonds is 6. The molecule has 2 aromatic rings. The second kappa shape index (κ2) is 10.2. The van der Waals surface area contributed by atoms with Crippen LogP contribution in [0.1, 0.15) is 62.5 Å². The van der Waals surface area contributed by atoms with Gasteiger partial charge in [-0.2, -0.15) is 5.26 Å². The van der Waals surface area contributed by atoms with Gasteiger partial charge in [-0.15, -0.1) is 0 Å². The van der Waals surface area contributed by atoms with Gasteiger partial charge in [0.2, 0.25) is 11.8 Å². The van der Waals surface area contributed by atoms with E-state index in [1.807, 2.05) is 19.9 Å². The number of carbonyl (C=O) groups is 3. The molecule has 1 aliphatic heterocycles. The molecule has 1 saturated heterocycles. The summed E-state index contributed by atoms with van der Waals surface area (Å²) in [4.78, 5) is 39.4. The molecule has 2 heterocycles. The van der Waals surface area contributed by atoms with Crippen molar-refractivity contribution < 1.29 is 18.8 Å². The first-order valence-electron chi connectivity index (χ1n) is 11.6. The number of fused-ring (bicyclic) bond motifs is 1. The summed E-state index contributed by atoms with van der Waals surface area (Å²) in [5.41, 5.74) is 1.18. The number of hydrogen-bond acceptors (Lipinski definition) is 4. The van der Waals surface area contributed by atoms with E-state index in [0.717, 1.165) is 5.92 Å². The molecule has 2 fully saturated rings. The first kappa shape index (κ1) is 25.2. The van der Waals surface area contributed by atoms with Crippen molar-refractivity contribution in [2.45, 2.75) is 65.0 Å². The van der Waals surface area contributed by atoms with E-state index in [0.29, 0.717) is 22.9 Å². The van der Waals surface area contributed by atoms with E-state index in [9.17, 15) is 24.0 Å². The largest absolute Gasteiger partial charge is 0.351 e. The standard InChI is InChI=1S/C21H24FN5O3.C4H8/c1-11-4-14(22)5-12-7-16(26-18(11)12)20(30)24-10-17(28)25-15(9-23)6-13-8-21(2,3)27-19(13)29;1-4-2-3-4/h4-5,7,13,15,26H,6,8,10H2,1-3H3,(H,24,30)(H,25,28)(H,27,29);4H,2-3H2,1H3/t13-,15+;/m1./s1. The SMILES string of the molecule is CC1CC1.Cc1cc(F)cc2cc(C(=O)NCC(=O)N[C@H](C#N)C[C@@H]3CC(C)(C)NC3=O)[nH]c12. The number of aryl methyl sites for hydroxylation is 1. The van der Waals surface area contributed by atoms with E-state index in [2.05, 4.69) is 27.9 Å². The Kier molecular flexibility index (Phi) is 7.60. The van der Waals surface area contributed by atoms with Crippen molar-refractivity contribution in [2.24, 2.45) is 11.8 Å². The van der Waals surface area contributed by atoms with Crippen LogP contribution in [0.2, 0.25) is 0 Å². The molecule has 3 amide bonds. The van der Waals surface area contributed by atoms with Gasteiger partial charge < -0.3 is 20.9 Å². The van der Waals surface area contributed by atoms with E-state index in [-0.39, 0.29) is 36.0 Å². The molecule has 2 atom stereocenters. The zero-order valence-electron chi connectivity index (χ0n) is 20.0.